The van der Waals surface area contributed by atoms with Gasteiger partial charge in [-0.25, -0.2) is 0 Å². The first kappa shape index (κ1) is 14.7. The molecule has 2 fully saturated rings. The van der Waals surface area contributed by atoms with Gasteiger partial charge in [-0.1, -0.05) is 47.5 Å². The van der Waals surface area contributed by atoms with Crippen molar-refractivity contribution in [2.75, 3.05) is 11.4 Å². The van der Waals surface area contributed by atoms with Gasteiger partial charge in [0.25, 0.3) is 0 Å². The van der Waals surface area contributed by atoms with Crippen molar-refractivity contribution in [3.05, 3.63) is 64.7 Å². The summed E-state index contributed by atoms with van der Waals surface area (Å²) in [7, 11) is 0. The Hall–Kier alpha value is -1.84. The molecule has 0 bridgehead atoms. The number of halogens is 1. The van der Waals surface area contributed by atoms with Crippen LogP contribution in [0.1, 0.15) is 30.1 Å². The number of nitrogens with zero attached hydrogens (tertiary/aromatic N) is 2. The number of benzene rings is 2. The predicted molar refractivity (Wildman–Crippen MR) is 92.6 cm³/mol. The van der Waals surface area contributed by atoms with E-state index < -0.39 is 0 Å². The number of carbonyl (C=O) groups excluding carboxylic acids is 1. The zero-order chi connectivity index (χ0) is 16.0. The normalized spacial score (nSPS) is 24.3. The first-order valence-electron chi connectivity index (χ1n) is 8.06. The average molecular weight is 327 g/mol. The van der Waals surface area contributed by atoms with E-state index >= 15 is 0 Å². The highest BCUT2D eigenvalue weighted by Crippen LogP contribution is 2.42. The van der Waals surface area contributed by atoms with Crippen molar-refractivity contribution in [2.24, 2.45) is 0 Å². The van der Waals surface area contributed by atoms with Crippen LogP contribution in [0.3, 0.4) is 0 Å². The van der Waals surface area contributed by atoms with Crippen LogP contribution in [0, 0.1) is 6.92 Å². The molecule has 2 aromatic carbocycles. The number of rotatable bonds is 2. The summed E-state index contributed by atoms with van der Waals surface area (Å²) >= 11 is 6.15. The maximum atomic E-state index is 13.0. The molecule has 4 rings (SSSR count). The van der Waals surface area contributed by atoms with Crippen molar-refractivity contribution < 1.29 is 4.79 Å². The largest absolute Gasteiger partial charge is 0.290 e. The van der Waals surface area contributed by atoms with E-state index in [0.29, 0.717) is 5.02 Å². The van der Waals surface area contributed by atoms with Gasteiger partial charge >= 0.3 is 0 Å². The third kappa shape index (κ3) is 2.44. The molecule has 2 atom stereocenters. The summed E-state index contributed by atoms with van der Waals surface area (Å²) in [5, 5.41) is 0.657. The van der Waals surface area contributed by atoms with E-state index in [1.165, 1.54) is 5.56 Å². The monoisotopic (exact) mass is 326 g/mol. The number of amides is 1. The Kier molecular flexibility index (Phi) is 3.63. The second kappa shape index (κ2) is 5.66. The van der Waals surface area contributed by atoms with E-state index in [1.54, 1.807) is 0 Å². The molecule has 0 N–H and O–H groups in total. The Bertz CT molecular complexity index is 743. The summed E-state index contributed by atoms with van der Waals surface area (Å²) in [5.41, 5.74) is 3.26. The summed E-state index contributed by atoms with van der Waals surface area (Å²) in [5.74, 6) is 0.190. The minimum Gasteiger partial charge on any atom is -0.290 e. The lowest BCUT2D eigenvalue weighted by Crippen LogP contribution is -2.32. The lowest BCUT2D eigenvalue weighted by atomic mass is 10.1. The summed E-state index contributed by atoms with van der Waals surface area (Å²) in [6.07, 6.45) is 1.99. The van der Waals surface area contributed by atoms with Crippen LogP contribution in [0.4, 0.5) is 5.69 Å². The Morgan fingerprint density at radius 3 is 2.65 bits per heavy atom. The lowest BCUT2D eigenvalue weighted by molar-refractivity contribution is -0.119. The molecule has 2 heterocycles. The molecule has 3 nitrogen and oxygen atoms in total. The highest BCUT2D eigenvalue weighted by atomic mass is 35.5. The molecule has 0 aliphatic carbocycles. The van der Waals surface area contributed by atoms with Gasteiger partial charge in [-0.2, -0.15) is 0 Å². The molecule has 2 aliphatic rings. The predicted octanol–water partition coefficient (Wildman–Crippen LogP) is 4.16. The minimum atomic E-state index is -0.0333. The lowest BCUT2D eigenvalue weighted by Gasteiger charge is -2.30. The van der Waals surface area contributed by atoms with Crippen LogP contribution in [-0.2, 0) is 4.79 Å². The van der Waals surface area contributed by atoms with Gasteiger partial charge < -0.3 is 0 Å². The van der Waals surface area contributed by atoms with Crippen molar-refractivity contribution in [2.45, 2.75) is 32.0 Å². The van der Waals surface area contributed by atoms with Gasteiger partial charge in [0, 0.05) is 17.3 Å². The van der Waals surface area contributed by atoms with Gasteiger partial charge in [-0.3, -0.25) is 14.6 Å². The number of fused-ring (bicyclic) bond motifs is 1. The van der Waals surface area contributed by atoms with Gasteiger partial charge in [-0.05, 0) is 43.5 Å². The summed E-state index contributed by atoms with van der Waals surface area (Å²) < 4.78 is 0. The summed E-state index contributed by atoms with van der Waals surface area (Å²) in [6.45, 7) is 3.04. The van der Waals surface area contributed by atoms with Gasteiger partial charge in [0.15, 0.2) is 0 Å². The van der Waals surface area contributed by atoms with Gasteiger partial charge in [-0.15, -0.1) is 0 Å². The van der Waals surface area contributed by atoms with Gasteiger partial charge in [0.1, 0.15) is 6.17 Å². The summed E-state index contributed by atoms with van der Waals surface area (Å²) in [4.78, 5) is 17.2. The fraction of sp³-hybridized carbons (Fsp3) is 0.316. The SMILES string of the molecule is Cc1ccc(C2N(c3cccc(Cl)c3)C(=O)C3CCCN32)cc1. The van der Waals surface area contributed by atoms with Crippen LogP contribution >= 0.6 is 11.6 Å². The third-order valence-corrected chi connectivity index (χ3v) is 5.07. The Labute approximate surface area is 141 Å². The van der Waals surface area contributed by atoms with Crippen LogP contribution in [0.25, 0.3) is 0 Å². The zero-order valence-corrected chi connectivity index (χ0v) is 13.8. The molecular weight excluding hydrogens is 308 g/mol. The van der Waals surface area contributed by atoms with Crippen LogP contribution in [0.15, 0.2) is 48.5 Å². The fourth-order valence-corrected chi connectivity index (χ4v) is 3.93. The molecular formula is C19H19ClN2O. The molecule has 1 amide bonds. The average Bonchev–Trinajstić information content (AvgIpc) is 3.11. The van der Waals surface area contributed by atoms with E-state index in [1.807, 2.05) is 29.2 Å². The topological polar surface area (TPSA) is 23.6 Å². The van der Waals surface area contributed by atoms with E-state index in [-0.39, 0.29) is 18.1 Å². The standard InChI is InChI=1S/C19H19ClN2O/c1-13-7-9-14(10-8-13)18-21-11-3-6-17(21)19(23)22(18)16-5-2-4-15(20)12-16/h2,4-5,7-10,12,17-18H,3,6,11H2,1H3. The van der Waals surface area contributed by atoms with E-state index in [2.05, 4.69) is 36.1 Å². The van der Waals surface area contributed by atoms with Crippen molar-refractivity contribution in [3.8, 4) is 0 Å². The van der Waals surface area contributed by atoms with Crippen LogP contribution in [0.5, 0.6) is 0 Å². The number of hydrogen-bond donors (Lipinski definition) is 0. The van der Waals surface area contributed by atoms with E-state index in [9.17, 15) is 4.79 Å². The number of anilines is 1. The maximum absolute atomic E-state index is 13.0. The third-order valence-electron chi connectivity index (χ3n) is 4.84. The van der Waals surface area contributed by atoms with E-state index in [0.717, 1.165) is 30.6 Å². The zero-order valence-electron chi connectivity index (χ0n) is 13.1. The minimum absolute atomic E-state index is 0.000264. The Balaban J connectivity index is 1.81. The quantitative estimate of drug-likeness (QED) is 0.827. The van der Waals surface area contributed by atoms with Crippen molar-refractivity contribution in [3.63, 3.8) is 0 Å². The van der Waals surface area contributed by atoms with Crippen LogP contribution < -0.4 is 4.90 Å². The smallest absolute Gasteiger partial charge is 0.246 e. The molecule has 0 aromatic heterocycles. The molecule has 118 valence electrons. The fourth-order valence-electron chi connectivity index (χ4n) is 3.75. The van der Waals surface area contributed by atoms with Crippen molar-refractivity contribution >= 4 is 23.2 Å². The number of hydrogen-bond acceptors (Lipinski definition) is 2. The Morgan fingerprint density at radius 2 is 1.91 bits per heavy atom. The maximum Gasteiger partial charge on any atom is 0.246 e. The highest BCUT2D eigenvalue weighted by Gasteiger charge is 2.49. The first-order valence-corrected chi connectivity index (χ1v) is 8.44. The van der Waals surface area contributed by atoms with Gasteiger partial charge in [0.2, 0.25) is 5.91 Å². The van der Waals surface area contributed by atoms with Crippen molar-refractivity contribution in [1.82, 2.24) is 4.90 Å². The molecule has 4 heteroatoms. The second-order valence-electron chi connectivity index (χ2n) is 6.37. The molecule has 0 spiro atoms. The molecule has 2 unspecified atom stereocenters. The Morgan fingerprint density at radius 1 is 1.13 bits per heavy atom. The van der Waals surface area contributed by atoms with Crippen molar-refractivity contribution in [1.29, 1.82) is 0 Å². The number of aryl methyl sites for hydroxylation is 1. The molecule has 0 radical (unpaired) electrons. The molecule has 23 heavy (non-hydrogen) atoms. The molecule has 0 saturated carbocycles. The highest BCUT2D eigenvalue weighted by molar-refractivity contribution is 6.31. The second-order valence-corrected chi connectivity index (χ2v) is 6.80. The van der Waals surface area contributed by atoms with Crippen LogP contribution in [0.2, 0.25) is 5.02 Å². The number of carbonyl (C=O) groups is 1. The molecule has 2 aliphatic heterocycles. The molecule has 2 aromatic rings. The first-order chi connectivity index (χ1) is 11.1. The van der Waals surface area contributed by atoms with E-state index in [4.69, 9.17) is 11.6 Å². The van der Waals surface area contributed by atoms with Crippen LogP contribution in [-0.4, -0.2) is 23.4 Å². The van der Waals surface area contributed by atoms with Gasteiger partial charge in [0.05, 0.1) is 6.04 Å². The molecule has 2 saturated heterocycles. The summed E-state index contributed by atoms with van der Waals surface area (Å²) in [6, 6.07) is 16.1.